The molecule has 0 saturated heterocycles. The Bertz CT molecular complexity index is 839. The second-order valence-corrected chi connectivity index (χ2v) is 6.08. The van der Waals surface area contributed by atoms with Gasteiger partial charge in [-0.2, -0.15) is 0 Å². The number of pyridine rings is 1. The molecule has 118 valence electrons. The average molecular weight is 306 g/mol. The normalized spacial score (nSPS) is 13.8. The second kappa shape index (κ2) is 6.80. The summed E-state index contributed by atoms with van der Waals surface area (Å²) in [6.45, 7) is 4.93. The highest BCUT2D eigenvalue weighted by Gasteiger charge is 2.14. The standard InChI is InChI=1S/C20H22N2O/c1-14(16-8-4-3-5-9-16)15(2)21-13-18-12-17-10-6-7-11-19(17)22-20(18)23/h3-12,14-15,21H,13H2,1-2H3,(H,22,23)/t14-,15-/m1/s1. The Labute approximate surface area is 136 Å². The highest BCUT2D eigenvalue weighted by molar-refractivity contribution is 5.78. The van der Waals surface area contributed by atoms with Crippen LogP contribution in [0.15, 0.2) is 65.5 Å². The molecule has 23 heavy (non-hydrogen) atoms. The highest BCUT2D eigenvalue weighted by Crippen LogP contribution is 2.19. The van der Waals surface area contributed by atoms with Crippen molar-refractivity contribution >= 4 is 10.9 Å². The summed E-state index contributed by atoms with van der Waals surface area (Å²) in [5.41, 5.74) is 2.94. The van der Waals surface area contributed by atoms with E-state index in [9.17, 15) is 4.79 Å². The summed E-state index contributed by atoms with van der Waals surface area (Å²) in [5.74, 6) is 0.385. The lowest BCUT2D eigenvalue weighted by molar-refractivity contribution is 0.479. The summed E-state index contributed by atoms with van der Waals surface area (Å²) in [4.78, 5) is 15.1. The molecule has 2 atom stereocenters. The van der Waals surface area contributed by atoms with Gasteiger partial charge in [-0.25, -0.2) is 0 Å². The topological polar surface area (TPSA) is 44.9 Å². The van der Waals surface area contributed by atoms with Crippen molar-refractivity contribution in [3.8, 4) is 0 Å². The third kappa shape index (κ3) is 3.51. The maximum Gasteiger partial charge on any atom is 0.252 e. The van der Waals surface area contributed by atoms with Crippen LogP contribution in [0.25, 0.3) is 10.9 Å². The molecule has 1 aromatic heterocycles. The first kappa shape index (κ1) is 15.5. The van der Waals surface area contributed by atoms with Crippen molar-refractivity contribution in [3.63, 3.8) is 0 Å². The molecule has 3 heteroatoms. The van der Waals surface area contributed by atoms with Gasteiger partial charge in [0.1, 0.15) is 0 Å². The Morgan fingerprint density at radius 3 is 2.48 bits per heavy atom. The van der Waals surface area contributed by atoms with Crippen LogP contribution >= 0.6 is 0 Å². The molecule has 0 aliphatic heterocycles. The maximum atomic E-state index is 12.2. The zero-order valence-corrected chi connectivity index (χ0v) is 13.5. The highest BCUT2D eigenvalue weighted by atomic mass is 16.1. The molecule has 0 amide bonds. The van der Waals surface area contributed by atoms with E-state index in [1.807, 2.05) is 36.4 Å². The molecule has 3 rings (SSSR count). The van der Waals surface area contributed by atoms with Crippen molar-refractivity contribution in [1.29, 1.82) is 0 Å². The van der Waals surface area contributed by atoms with Gasteiger partial charge in [0.2, 0.25) is 0 Å². The molecule has 0 aliphatic rings. The lowest BCUT2D eigenvalue weighted by atomic mass is 9.94. The van der Waals surface area contributed by atoms with Gasteiger partial charge in [0.15, 0.2) is 0 Å². The van der Waals surface area contributed by atoms with Crippen LogP contribution in [0, 0.1) is 0 Å². The van der Waals surface area contributed by atoms with Crippen LogP contribution < -0.4 is 10.9 Å². The summed E-state index contributed by atoms with van der Waals surface area (Å²) in [7, 11) is 0. The number of H-pyrrole nitrogens is 1. The van der Waals surface area contributed by atoms with Crippen LogP contribution in [0.2, 0.25) is 0 Å². The quantitative estimate of drug-likeness (QED) is 0.753. The molecule has 0 bridgehead atoms. The van der Waals surface area contributed by atoms with E-state index in [1.54, 1.807) is 0 Å². The largest absolute Gasteiger partial charge is 0.322 e. The monoisotopic (exact) mass is 306 g/mol. The van der Waals surface area contributed by atoms with E-state index >= 15 is 0 Å². The first-order valence-electron chi connectivity index (χ1n) is 8.04. The number of nitrogens with one attached hydrogen (secondary N) is 2. The Morgan fingerprint density at radius 1 is 1.00 bits per heavy atom. The smallest absolute Gasteiger partial charge is 0.252 e. The maximum absolute atomic E-state index is 12.2. The summed E-state index contributed by atoms with van der Waals surface area (Å²) in [6.07, 6.45) is 0. The van der Waals surface area contributed by atoms with E-state index in [1.165, 1.54) is 5.56 Å². The molecule has 0 radical (unpaired) electrons. The lowest BCUT2D eigenvalue weighted by Gasteiger charge is -2.21. The molecule has 3 nitrogen and oxygen atoms in total. The van der Waals surface area contributed by atoms with Crippen LogP contribution in [0.1, 0.15) is 30.9 Å². The summed E-state index contributed by atoms with van der Waals surface area (Å²) in [6, 6.07) is 20.6. The van der Waals surface area contributed by atoms with Crippen molar-refractivity contribution < 1.29 is 0 Å². The first-order chi connectivity index (χ1) is 11.1. The fourth-order valence-corrected chi connectivity index (χ4v) is 2.82. The van der Waals surface area contributed by atoms with E-state index in [0.29, 0.717) is 12.5 Å². The number of para-hydroxylation sites is 1. The van der Waals surface area contributed by atoms with Gasteiger partial charge < -0.3 is 10.3 Å². The van der Waals surface area contributed by atoms with Crippen LogP contribution in [0.5, 0.6) is 0 Å². The predicted molar refractivity (Wildman–Crippen MR) is 95.7 cm³/mol. The Kier molecular flexibility index (Phi) is 4.58. The second-order valence-electron chi connectivity index (χ2n) is 6.08. The summed E-state index contributed by atoms with van der Waals surface area (Å²) < 4.78 is 0. The number of hydrogen-bond acceptors (Lipinski definition) is 2. The van der Waals surface area contributed by atoms with Gasteiger partial charge in [0.25, 0.3) is 5.56 Å². The number of rotatable bonds is 5. The molecule has 0 fully saturated rings. The lowest BCUT2D eigenvalue weighted by Crippen LogP contribution is -2.32. The van der Waals surface area contributed by atoms with E-state index in [2.05, 4.69) is 48.4 Å². The number of aromatic amines is 1. The van der Waals surface area contributed by atoms with Crippen LogP contribution in [-0.4, -0.2) is 11.0 Å². The van der Waals surface area contributed by atoms with Gasteiger partial charge in [0, 0.05) is 23.7 Å². The van der Waals surface area contributed by atoms with Crippen LogP contribution in [0.3, 0.4) is 0 Å². The van der Waals surface area contributed by atoms with Gasteiger partial charge in [0.05, 0.1) is 0 Å². The minimum absolute atomic E-state index is 0.0178. The van der Waals surface area contributed by atoms with Crippen LogP contribution in [-0.2, 0) is 6.54 Å². The molecule has 0 spiro atoms. The third-order valence-electron chi connectivity index (χ3n) is 4.52. The molecule has 0 saturated carbocycles. The fourth-order valence-electron chi connectivity index (χ4n) is 2.82. The van der Waals surface area contributed by atoms with E-state index < -0.39 is 0 Å². The number of benzene rings is 2. The van der Waals surface area contributed by atoms with E-state index in [-0.39, 0.29) is 11.6 Å². The van der Waals surface area contributed by atoms with Gasteiger partial charge in [-0.1, -0.05) is 55.5 Å². The molecule has 1 heterocycles. The van der Waals surface area contributed by atoms with Crippen molar-refractivity contribution in [2.75, 3.05) is 0 Å². The minimum Gasteiger partial charge on any atom is -0.322 e. The van der Waals surface area contributed by atoms with Gasteiger partial charge >= 0.3 is 0 Å². The van der Waals surface area contributed by atoms with E-state index in [4.69, 9.17) is 0 Å². The zero-order chi connectivity index (χ0) is 16.2. The molecular weight excluding hydrogens is 284 g/mol. The number of hydrogen-bond donors (Lipinski definition) is 2. The molecule has 0 aliphatic carbocycles. The number of aromatic nitrogens is 1. The van der Waals surface area contributed by atoms with E-state index in [0.717, 1.165) is 16.5 Å². The van der Waals surface area contributed by atoms with Crippen molar-refractivity contribution in [1.82, 2.24) is 10.3 Å². The molecular formula is C20H22N2O. The fraction of sp³-hybridized carbons (Fsp3) is 0.250. The predicted octanol–water partition coefficient (Wildman–Crippen LogP) is 3.81. The van der Waals surface area contributed by atoms with Crippen molar-refractivity contribution in [2.45, 2.75) is 32.4 Å². The third-order valence-corrected chi connectivity index (χ3v) is 4.52. The van der Waals surface area contributed by atoms with Crippen molar-refractivity contribution in [2.24, 2.45) is 0 Å². The van der Waals surface area contributed by atoms with Crippen LogP contribution in [0.4, 0.5) is 0 Å². The zero-order valence-electron chi connectivity index (χ0n) is 13.5. The Morgan fingerprint density at radius 2 is 1.70 bits per heavy atom. The molecule has 3 aromatic rings. The van der Waals surface area contributed by atoms with Gasteiger partial charge in [-0.15, -0.1) is 0 Å². The number of fused-ring (bicyclic) bond motifs is 1. The SMILES string of the molecule is C[C@@H](NCc1cc2ccccc2[nH]c1=O)[C@@H](C)c1ccccc1. The van der Waals surface area contributed by atoms with Gasteiger partial charge in [-0.05, 0) is 35.9 Å². The first-order valence-corrected chi connectivity index (χ1v) is 8.04. The van der Waals surface area contributed by atoms with Crippen molar-refractivity contribution in [3.05, 3.63) is 82.1 Å². The molecule has 0 unspecified atom stereocenters. The summed E-state index contributed by atoms with van der Waals surface area (Å²) >= 11 is 0. The van der Waals surface area contributed by atoms with Gasteiger partial charge in [-0.3, -0.25) is 4.79 Å². The summed E-state index contributed by atoms with van der Waals surface area (Å²) in [5, 5.41) is 4.55. The Balaban J connectivity index is 1.73. The average Bonchev–Trinajstić information content (AvgIpc) is 2.59. The molecule has 2 N–H and O–H groups in total. The minimum atomic E-state index is -0.0178. The molecule has 2 aromatic carbocycles. The Hall–Kier alpha value is -2.39.